The highest BCUT2D eigenvalue weighted by molar-refractivity contribution is 5.45. The number of hydrogen-bond acceptors (Lipinski definition) is 0. The molecule has 0 N–H and O–H groups in total. The topological polar surface area (TPSA) is 0 Å². The van der Waals surface area contributed by atoms with Crippen LogP contribution in [0, 0.1) is 0 Å². The summed E-state index contributed by atoms with van der Waals surface area (Å²) < 4.78 is 0. The lowest BCUT2D eigenvalue weighted by atomic mass is 9.62. The van der Waals surface area contributed by atoms with Crippen molar-refractivity contribution in [1.82, 2.24) is 0 Å². The summed E-state index contributed by atoms with van der Waals surface area (Å²) in [5.41, 5.74) is 5.50. The lowest BCUT2D eigenvalue weighted by molar-refractivity contribution is 0.331. The molecule has 100 valence electrons. The first-order valence-electron chi connectivity index (χ1n) is 7.20. The van der Waals surface area contributed by atoms with Gasteiger partial charge in [-0.15, -0.1) is 0 Å². The van der Waals surface area contributed by atoms with Gasteiger partial charge in [0, 0.05) is 0 Å². The standard InChI is InChI=1S/C18H28/c1-16(2,3)13-8-9-14-15(12-13)18(6,7)11-10-17(14,4)5/h8-9,12H,10-11H2,1-7H3. The highest BCUT2D eigenvalue weighted by Gasteiger charge is 2.37. The second-order valence-electron chi connectivity index (χ2n) is 8.28. The monoisotopic (exact) mass is 244 g/mol. The molecule has 0 atom stereocenters. The Morgan fingerprint density at radius 2 is 1.33 bits per heavy atom. The molecule has 1 aromatic carbocycles. The number of hydrogen-bond donors (Lipinski definition) is 0. The van der Waals surface area contributed by atoms with Gasteiger partial charge in [-0.3, -0.25) is 0 Å². The van der Waals surface area contributed by atoms with E-state index >= 15 is 0 Å². The van der Waals surface area contributed by atoms with Gasteiger partial charge in [-0.2, -0.15) is 0 Å². The van der Waals surface area contributed by atoms with Crippen LogP contribution in [0.1, 0.15) is 78.0 Å². The van der Waals surface area contributed by atoms with Crippen molar-refractivity contribution < 1.29 is 0 Å². The largest absolute Gasteiger partial charge is 0.0582 e. The van der Waals surface area contributed by atoms with Crippen molar-refractivity contribution in [2.45, 2.75) is 77.6 Å². The van der Waals surface area contributed by atoms with Gasteiger partial charge in [0.05, 0.1) is 0 Å². The van der Waals surface area contributed by atoms with Crippen LogP contribution in [-0.4, -0.2) is 0 Å². The maximum Gasteiger partial charge on any atom is -0.0100 e. The highest BCUT2D eigenvalue weighted by atomic mass is 14.4. The Hall–Kier alpha value is -0.780. The first-order valence-corrected chi connectivity index (χ1v) is 7.20. The third-order valence-corrected chi connectivity index (χ3v) is 4.72. The zero-order chi connectivity index (χ0) is 13.8. The highest BCUT2D eigenvalue weighted by Crippen LogP contribution is 2.46. The smallest absolute Gasteiger partial charge is 0.0100 e. The molecular weight excluding hydrogens is 216 g/mol. The lowest BCUT2D eigenvalue weighted by Crippen LogP contribution is -2.34. The van der Waals surface area contributed by atoms with E-state index < -0.39 is 0 Å². The van der Waals surface area contributed by atoms with Gasteiger partial charge in [-0.1, -0.05) is 66.7 Å². The van der Waals surface area contributed by atoms with E-state index in [9.17, 15) is 0 Å². The SMILES string of the molecule is CC(C)(C)c1ccc2c(c1)C(C)(C)CCC2(C)C. The van der Waals surface area contributed by atoms with E-state index in [0.29, 0.717) is 10.8 Å². The molecule has 0 heteroatoms. The van der Waals surface area contributed by atoms with Gasteiger partial charge in [-0.05, 0) is 45.8 Å². The molecule has 1 aromatic rings. The minimum atomic E-state index is 0.243. The maximum atomic E-state index is 2.47. The third-order valence-electron chi connectivity index (χ3n) is 4.72. The Bertz CT molecular complexity index is 455. The van der Waals surface area contributed by atoms with E-state index in [1.165, 1.54) is 18.4 Å². The molecule has 18 heavy (non-hydrogen) atoms. The van der Waals surface area contributed by atoms with E-state index in [1.54, 1.807) is 11.1 Å². The quantitative estimate of drug-likeness (QED) is 0.578. The second kappa shape index (κ2) is 3.85. The molecule has 0 nitrogen and oxygen atoms in total. The van der Waals surface area contributed by atoms with Crippen LogP contribution in [0.2, 0.25) is 0 Å². The van der Waals surface area contributed by atoms with Crippen molar-refractivity contribution in [3.63, 3.8) is 0 Å². The van der Waals surface area contributed by atoms with Crippen LogP contribution in [0.4, 0.5) is 0 Å². The van der Waals surface area contributed by atoms with E-state index in [0.717, 1.165) is 0 Å². The summed E-state index contributed by atoms with van der Waals surface area (Å²) in [6.07, 6.45) is 2.59. The molecule has 1 aliphatic rings. The molecule has 0 amide bonds. The van der Waals surface area contributed by atoms with Crippen molar-refractivity contribution in [3.05, 3.63) is 34.9 Å². The minimum absolute atomic E-state index is 0.243. The van der Waals surface area contributed by atoms with Crippen molar-refractivity contribution in [3.8, 4) is 0 Å². The molecule has 0 fully saturated rings. The van der Waals surface area contributed by atoms with Crippen molar-refractivity contribution in [1.29, 1.82) is 0 Å². The summed E-state index contributed by atoms with van der Waals surface area (Å²) in [5, 5.41) is 0. The van der Waals surface area contributed by atoms with E-state index in [1.807, 2.05) is 0 Å². The zero-order valence-corrected chi connectivity index (χ0v) is 13.1. The van der Waals surface area contributed by atoms with Crippen LogP contribution < -0.4 is 0 Å². The molecule has 0 unspecified atom stereocenters. The summed E-state index contributed by atoms with van der Waals surface area (Å²) in [6, 6.07) is 7.19. The molecule has 0 bridgehead atoms. The molecule has 0 aromatic heterocycles. The average Bonchev–Trinajstić information content (AvgIpc) is 2.23. The van der Waals surface area contributed by atoms with E-state index in [2.05, 4.69) is 66.7 Å². The van der Waals surface area contributed by atoms with Crippen molar-refractivity contribution >= 4 is 0 Å². The molecule has 0 spiro atoms. The minimum Gasteiger partial charge on any atom is -0.0582 e. The molecule has 1 aliphatic carbocycles. The molecule has 0 saturated heterocycles. The summed E-state index contributed by atoms with van der Waals surface area (Å²) in [6.45, 7) is 16.5. The molecule has 2 rings (SSSR count). The Morgan fingerprint density at radius 3 is 1.83 bits per heavy atom. The fourth-order valence-electron chi connectivity index (χ4n) is 3.06. The first-order chi connectivity index (χ1) is 8.04. The van der Waals surface area contributed by atoms with Gasteiger partial charge >= 0.3 is 0 Å². The van der Waals surface area contributed by atoms with Gasteiger partial charge in [0.25, 0.3) is 0 Å². The fraction of sp³-hybridized carbons (Fsp3) is 0.667. The van der Waals surface area contributed by atoms with E-state index in [-0.39, 0.29) is 5.41 Å². The second-order valence-corrected chi connectivity index (χ2v) is 8.28. The average molecular weight is 244 g/mol. The Labute approximate surface area is 113 Å². The van der Waals surface area contributed by atoms with Crippen LogP contribution in [0.15, 0.2) is 18.2 Å². The Balaban J connectivity index is 2.63. The van der Waals surface area contributed by atoms with Crippen LogP contribution >= 0.6 is 0 Å². The van der Waals surface area contributed by atoms with Gasteiger partial charge in [0.2, 0.25) is 0 Å². The summed E-state index contributed by atoms with van der Waals surface area (Å²) in [4.78, 5) is 0. The van der Waals surface area contributed by atoms with Crippen LogP contribution in [0.25, 0.3) is 0 Å². The number of benzene rings is 1. The summed E-state index contributed by atoms with van der Waals surface area (Å²) >= 11 is 0. The zero-order valence-electron chi connectivity index (χ0n) is 13.1. The number of rotatable bonds is 0. The van der Waals surface area contributed by atoms with E-state index in [4.69, 9.17) is 0 Å². The third kappa shape index (κ3) is 2.22. The molecule has 0 heterocycles. The molecule has 0 aliphatic heterocycles. The Morgan fingerprint density at radius 1 is 0.833 bits per heavy atom. The normalized spacial score (nSPS) is 21.5. The lowest BCUT2D eigenvalue weighted by Gasteiger charge is -2.42. The molecule has 0 radical (unpaired) electrons. The van der Waals surface area contributed by atoms with Crippen LogP contribution in [0.3, 0.4) is 0 Å². The summed E-state index contributed by atoms with van der Waals surface area (Å²) in [7, 11) is 0. The van der Waals surface area contributed by atoms with Crippen LogP contribution in [0.5, 0.6) is 0 Å². The molecular formula is C18H28. The predicted octanol–water partition coefficient (Wildman–Crippen LogP) is 5.33. The van der Waals surface area contributed by atoms with Gasteiger partial charge < -0.3 is 0 Å². The maximum absolute atomic E-state index is 2.47. The predicted molar refractivity (Wildman–Crippen MR) is 80.4 cm³/mol. The van der Waals surface area contributed by atoms with Crippen LogP contribution in [-0.2, 0) is 16.2 Å². The van der Waals surface area contributed by atoms with Gasteiger partial charge in [-0.25, -0.2) is 0 Å². The first kappa shape index (κ1) is 13.6. The van der Waals surface area contributed by atoms with Crippen molar-refractivity contribution in [2.75, 3.05) is 0 Å². The van der Waals surface area contributed by atoms with Gasteiger partial charge in [0.1, 0.15) is 0 Å². The molecule has 0 saturated carbocycles. The number of fused-ring (bicyclic) bond motifs is 1. The summed E-state index contributed by atoms with van der Waals surface area (Å²) in [5.74, 6) is 0. The fourth-order valence-corrected chi connectivity index (χ4v) is 3.06. The van der Waals surface area contributed by atoms with Gasteiger partial charge in [0.15, 0.2) is 0 Å². The Kier molecular flexibility index (Phi) is 2.92. The van der Waals surface area contributed by atoms with Crippen molar-refractivity contribution in [2.24, 2.45) is 0 Å².